The average molecular weight is 264 g/mol. The zero-order valence-corrected chi connectivity index (χ0v) is 10.6. The summed E-state index contributed by atoms with van der Waals surface area (Å²) in [7, 11) is 0. The minimum atomic E-state index is -0.312. The fourth-order valence-electron chi connectivity index (χ4n) is 1.92. The van der Waals surface area contributed by atoms with E-state index in [-0.39, 0.29) is 17.4 Å². The van der Waals surface area contributed by atoms with E-state index in [0.29, 0.717) is 5.69 Å². The van der Waals surface area contributed by atoms with Gasteiger partial charge in [0.2, 0.25) is 0 Å². The monoisotopic (exact) mass is 264 g/mol. The van der Waals surface area contributed by atoms with E-state index in [4.69, 9.17) is 5.73 Å². The van der Waals surface area contributed by atoms with E-state index in [0.717, 1.165) is 10.8 Å². The van der Waals surface area contributed by atoms with Crippen molar-refractivity contribution in [3.8, 4) is 0 Å². The molecule has 0 bridgehead atoms. The Balaban J connectivity index is 1.85. The van der Waals surface area contributed by atoms with Crippen molar-refractivity contribution in [3.63, 3.8) is 0 Å². The largest absolute Gasteiger partial charge is 0.382 e. The number of amides is 1. The van der Waals surface area contributed by atoms with E-state index in [2.05, 4.69) is 15.3 Å². The Bertz CT molecular complexity index is 768. The van der Waals surface area contributed by atoms with E-state index >= 15 is 0 Å². The second kappa shape index (κ2) is 4.97. The molecular formula is C15H12N4O. The van der Waals surface area contributed by atoms with E-state index in [1.165, 1.54) is 12.4 Å². The topological polar surface area (TPSA) is 80.9 Å². The Morgan fingerprint density at radius 1 is 1.00 bits per heavy atom. The van der Waals surface area contributed by atoms with Crippen molar-refractivity contribution in [2.75, 3.05) is 11.1 Å². The van der Waals surface area contributed by atoms with Crippen LogP contribution in [0.5, 0.6) is 0 Å². The van der Waals surface area contributed by atoms with Gasteiger partial charge in [-0.2, -0.15) is 0 Å². The molecule has 20 heavy (non-hydrogen) atoms. The number of aromatic nitrogens is 2. The third-order valence-corrected chi connectivity index (χ3v) is 2.91. The number of nitrogens with two attached hydrogens (primary N) is 1. The number of fused-ring (bicyclic) bond motifs is 1. The van der Waals surface area contributed by atoms with Gasteiger partial charge in [-0.3, -0.25) is 4.79 Å². The van der Waals surface area contributed by atoms with Crippen LogP contribution in [0.1, 0.15) is 10.5 Å². The number of benzene rings is 2. The predicted octanol–water partition coefficient (Wildman–Crippen LogP) is 2.46. The van der Waals surface area contributed by atoms with Crippen molar-refractivity contribution in [2.24, 2.45) is 0 Å². The number of anilines is 2. The van der Waals surface area contributed by atoms with Gasteiger partial charge >= 0.3 is 0 Å². The highest BCUT2D eigenvalue weighted by atomic mass is 16.1. The SMILES string of the molecule is Nc1cnc(C(=O)Nc2ccc3ccccc3c2)cn1. The highest BCUT2D eigenvalue weighted by molar-refractivity contribution is 6.03. The number of carbonyl (C=O) groups excluding carboxylic acids is 1. The molecular weight excluding hydrogens is 252 g/mol. The van der Waals surface area contributed by atoms with E-state index in [1.807, 2.05) is 42.5 Å². The van der Waals surface area contributed by atoms with E-state index < -0.39 is 0 Å². The molecule has 3 rings (SSSR count). The Morgan fingerprint density at radius 3 is 2.55 bits per heavy atom. The van der Waals surface area contributed by atoms with Crippen molar-refractivity contribution in [1.29, 1.82) is 0 Å². The van der Waals surface area contributed by atoms with Crippen LogP contribution in [0, 0.1) is 0 Å². The average Bonchev–Trinajstić information content (AvgIpc) is 2.48. The zero-order valence-electron chi connectivity index (χ0n) is 10.6. The molecule has 5 heteroatoms. The van der Waals surface area contributed by atoms with Crippen LogP contribution in [0.4, 0.5) is 11.5 Å². The van der Waals surface area contributed by atoms with Crippen LogP contribution in [0.2, 0.25) is 0 Å². The number of nitrogens with one attached hydrogen (secondary N) is 1. The predicted molar refractivity (Wildman–Crippen MR) is 78.3 cm³/mol. The van der Waals surface area contributed by atoms with Crippen molar-refractivity contribution in [1.82, 2.24) is 9.97 Å². The smallest absolute Gasteiger partial charge is 0.275 e. The fourth-order valence-corrected chi connectivity index (χ4v) is 1.92. The summed E-state index contributed by atoms with van der Waals surface area (Å²) in [5.74, 6) is -0.0277. The fraction of sp³-hybridized carbons (Fsp3) is 0. The van der Waals surface area contributed by atoms with Gasteiger partial charge in [-0.1, -0.05) is 30.3 Å². The van der Waals surface area contributed by atoms with Crippen molar-refractivity contribution < 1.29 is 4.79 Å². The molecule has 5 nitrogen and oxygen atoms in total. The highest BCUT2D eigenvalue weighted by Gasteiger charge is 2.08. The summed E-state index contributed by atoms with van der Waals surface area (Å²) in [6.07, 6.45) is 2.71. The molecule has 1 amide bonds. The van der Waals surface area contributed by atoms with Gasteiger partial charge < -0.3 is 11.1 Å². The van der Waals surface area contributed by atoms with Crippen LogP contribution >= 0.6 is 0 Å². The Kier molecular flexibility index (Phi) is 3.01. The molecule has 0 unspecified atom stereocenters. The van der Waals surface area contributed by atoms with Crippen molar-refractivity contribution in [3.05, 3.63) is 60.6 Å². The van der Waals surface area contributed by atoms with Crippen LogP contribution in [0.15, 0.2) is 54.9 Å². The number of nitrogen functional groups attached to an aromatic ring is 1. The van der Waals surface area contributed by atoms with E-state index in [1.54, 1.807) is 0 Å². The van der Waals surface area contributed by atoms with Crippen LogP contribution in [-0.4, -0.2) is 15.9 Å². The second-order valence-corrected chi connectivity index (χ2v) is 4.34. The van der Waals surface area contributed by atoms with Gasteiger partial charge in [-0.15, -0.1) is 0 Å². The van der Waals surface area contributed by atoms with Crippen LogP contribution < -0.4 is 11.1 Å². The lowest BCUT2D eigenvalue weighted by Crippen LogP contribution is -2.14. The first kappa shape index (κ1) is 12.1. The quantitative estimate of drug-likeness (QED) is 0.745. The number of carbonyl (C=O) groups is 1. The summed E-state index contributed by atoms with van der Waals surface area (Å²) >= 11 is 0. The van der Waals surface area contributed by atoms with Gasteiger partial charge in [0, 0.05) is 5.69 Å². The lowest BCUT2D eigenvalue weighted by atomic mass is 10.1. The number of hydrogen-bond donors (Lipinski definition) is 2. The minimum absolute atomic E-state index is 0.229. The lowest BCUT2D eigenvalue weighted by molar-refractivity contribution is 0.102. The first-order valence-corrected chi connectivity index (χ1v) is 6.10. The molecule has 0 fully saturated rings. The highest BCUT2D eigenvalue weighted by Crippen LogP contribution is 2.19. The molecule has 98 valence electrons. The van der Waals surface area contributed by atoms with E-state index in [9.17, 15) is 4.79 Å². The Labute approximate surface area is 115 Å². The molecule has 3 N–H and O–H groups in total. The van der Waals surface area contributed by atoms with Crippen LogP contribution in [-0.2, 0) is 0 Å². The molecule has 0 aliphatic rings. The number of hydrogen-bond acceptors (Lipinski definition) is 4. The summed E-state index contributed by atoms with van der Waals surface area (Å²) < 4.78 is 0. The molecule has 0 aliphatic heterocycles. The summed E-state index contributed by atoms with van der Waals surface area (Å²) in [6.45, 7) is 0. The van der Waals surface area contributed by atoms with Gasteiger partial charge in [-0.05, 0) is 22.9 Å². The Morgan fingerprint density at radius 2 is 1.80 bits per heavy atom. The molecule has 2 aromatic carbocycles. The van der Waals surface area contributed by atoms with Gasteiger partial charge in [0.25, 0.3) is 5.91 Å². The molecule has 1 aromatic heterocycles. The van der Waals surface area contributed by atoms with Crippen molar-refractivity contribution >= 4 is 28.2 Å². The third-order valence-electron chi connectivity index (χ3n) is 2.91. The van der Waals surface area contributed by atoms with Gasteiger partial charge in [-0.25, -0.2) is 9.97 Å². The molecule has 0 saturated heterocycles. The van der Waals surface area contributed by atoms with Gasteiger partial charge in [0.1, 0.15) is 11.5 Å². The maximum Gasteiger partial charge on any atom is 0.275 e. The molecule has 0 atom stereocenters. The van der Waals surface area contributed by atoms with Crippen molar-refractivity contribution in [2.45, 2.75) is 0 Å². The molecule has 3 aromatic rings. The number of rotatable bonds is 2. The first-order chi connectivity index (χ1) is 9.72. The molecule has 0 radical (unpaired) electrons. The van der Waals surface area contributed by atoms with Gasteiger partial charge in [0.15, 0.2) is 0 Å². The summed E-state index contributed by atoms with van der Waals surface area (Å²) in [6, 6.07) is 13.7. The molecule has 1 heterocycles. The van der Waals surface area contributed by atoms with Crippen LogP contribution in [0.25, 0.3) is 10.8 Å². The normalized spacial score (nSPS) is 10.4. The molecule has 0 spiro atoms. The maximum atomic E-state index is 12.0. The summed E-state index contributed by atoms with van der Waals surface area (Å²) in [5, 5.41) is 4.97. The molecule has 0 saturated carbocycles. The minimum Gasteiger partial charge on any atom is -0.382 e. The Hall–Kier alpha value is -2.95. The second-order valence-electron chi connectivity index (χ2n) is 4.34. The third kappa shape index (κ3) is 2.42. The van der Waals surface area contributed by atoms with Gasteiger partial charge in [0.05, 0.1) is 12.4 Å². The first-order valence-electron chi connectivity index (χ1n) is 6.10. The summed E-state index contributed by atoms with van der Waals surface area (Å²) in [5.41, 5.74) is 6.38. The zero-order chi connectivity index (χ0) is 13.9. The molecule has 0 aliphatic carbocycles. The lowest BCUT2D eigenvalue weighted by Gasteiger charge is -2.06. The number of nitrogens with zero attached hydrogens (tertiary/aromatic N) is 2. The standard InChI is InChI=1S/C15H12N4O/c16-14-9-17-13(8-18-14)15(20)19-12-6-5-10-3-1-2-4-11(10)7-12/h1-9H,(H2,16,18)(H,19,20). The summed E-state index contributed by atoms with van der Waals surface area (Å²) in [4.78, 5) is 19.8. The van der Waals surface area contributed by atoms with Crippen LogP contribution in [0.3, 0.4) is 0 Å². The maximum absolute atomic E-state index is 12.0.